The van der Waals surface area contributed by atoms with Crippen molar-refractivity contribution in [3.8, 4) is 11.8 Å². The Balaban J connectivity index is 0.00000411. The van der Waals surface area contributed by atoms with Crippen molar-refractivity contribution in [2.75, 3.05) is 6.54 Å². The standard InChI is InChI=1S/C29H38N6O4.C2H6/c1-7-25(33-19(4)29(5,6)31)21-10-8-20(9-11-21)14-24(17-32-28(37)35-38)34-27(36)22-12-13-26(39-18(2)3)23(15-22)16-30;1-2/h7-13,15,18,24,38H,14,17,31H2,1-6H3,(H,34,36)(H2,32,35,37);1-2H3/b25-7-,33-19?;. The zero-order valence-corrected chi connectivity index (χ0v) is 25.3. The zero-order valence-electron chi connectivity index (χ0n) is 25.3. The molecule has 0 radical (unpaired) electrons. The molecule has 0 heterocycles. The van der Waals surface area contributed by atoms with Gasteiger partial charge in [0.25, 0.3) is 5.91 Å². The second-order valence-electron chi connectivity index (χ2n) is 9.98. The van der Waals surface area contributed by atoms with Gasteiger partial charge in [-0.15, -0.1) is 0 Å². The molecular weight excluding hydrogens is 520 g/mol. The van der Waals surface area contributed by atoms with Crippen LogP contribution in [0.15, 0.2) is 53.5 Å². The Hall–Kier alpha value is -4.20. The molecule has 41 heavy (non-hydrogen) atoms. The predicted molar refractivity (Wildman–Crippen MR) is 163 cm³/mol. The summed E-state index contributed by atoms with van der Waals surface area (Å²) in [6.07, 6.45) is 2.18. The van der Waals surface area contributed by atoms with Crippen LogP contribution in [0.1, 0.15) is 82.4 Å². The van der Waals surface area contributed by atoms with Crippen molar-refractivity contribution >= 4 is 23.3 Å². The fourth-order valence-electron chi connectivity index (χ4n) is 3.53. The molecule has 10 heteroatoms. The summed E-state index contributed by atoms with van der Waals surface area (Å²) in [5.74, 6) is -0.0159. The lowest BCUT2D eigenvalue weighted by atomic mass is 10.00. The van der Waals surface area contributed by atoms with E-state index in [-0.39, 0.29) is 23.8 Å². The Morgan fingerprint density at radius 1 is 1.15 bits per heavy atom. The number of aliphatic imine (C=N–C) groups is 1. The highest BCUT2D eigenvalue weighted by Crippen LogP contribution is 2.22. The summed E-state index contributed by atoms with van der Waals surface area (Å²) in [5, 5.41) is 23.8. The minimum Gasteiger partial charge on any atom is -0.490 e. The molecule has 0 saturated carbocycles. The monoisotopic (exact) mass is 564 g/mol. The van der Waals surface area contributed by atoms with E-state index in [1.165, 1.54) is 11.5 Å². The Morgan fingerprint density at radius 2 is 1.76 bits per heavy atom. The Kier molecular flexibility index (Phi) is 14.3. The van der Waals surface area contributed by atoms with Crippen LogP contribution in [-0.4, -0.2) is 47.1 Å². The Morgan fingerprint density at radius 3 is 2.27 bits per heavy atom. The van der Waals surface area contributed by atoms with Gasteiger partial charge in [-0.3, -0.25) is 15.0 Å². The summed E-state index contributed by atoms with van der Waals surface area (Å²) >= 11 is 0. The van der Waals surface area contributed by atoms with Gasteiger partial charge in [0.2, 0.25) is 0 Å². The van der Waals surface area contributed by atoms with Crippen LogP contribution < -0.4 is 26.6 Å². The van der Waals surface area contributed by atoms with Crippen molar-refractivity contribution in [1.29, 1.82) is 5.26 Å². The number of carbonyl (C=O) groups is 2. The largest absolute Gasteiger partial charge is 0.490 e. The van der Waals surface area contributed by atoms with Crippen molar-refractivity contribution in [3.05, 3.63) is 70.8 Å². The molecule has 6 N–H and O–H groups in total. The molecule has 0 aliphatic carbocycles. The molecular formula is C31H44N6O4. The highest BCUT2D eigenvalue weighted by Gasteiger charge is 2.18. The number of nitrogens with one attached hydrogen (secondary N) is 3. The van der Waals surface area contributed by atoms with E-state index in [1.807, 2.05) is 85.7 Å². The summed E-state index contributed by atoms with van der Waals surface area (Å²) < 4.78 is 5.63. The van der Waals surface area contributed by atoms with Crippen molar-refractivity contribution in [2.24, 2.45) is 10.7 Å². The molecule has 0 aromatic heterocycles. The third-order valence-corrected chi connectivity index (χ3v) is 5.90. The van der Waals surface area contributed by atoms with E-state index in [1.54, 1.807) is 12.1 Å². The number of carbonyl (C=O) groups excluding carboxylic acids is 2. The number of urea groups is 1. The molecule has 0 spiro atoms. The molecule has 0 aliphatic rings. The molecule has 1 atom stereocenters. The van der Waals surface area contributed by atoms with Gasteiger partial charge in [0.05, 0.1) is 23.4 Å². The summed E-state index contributed by atoms with van der Waals surface area (Å²) in [7, 11) is 0. The summed E-state index contributed by atoms with van der Waals surface area (Å²) in [5.41, 5.74) is 11.1. The first-order chi connectivity index (χ1) is 19.4. The molecule has 10 nitrogen and oxygen atoms in total. The van der Waals surface area contributed by atoms with E-state index < -0.39 is 23.5 Å². The van der Waals surface area contributed by atoms with Gasteiger partial charge in [-0.25, -0.2) is 10.3 Å². The van der Waals surface area contributed by atoms with Crippen LogP contribution in [0.25, 0.3) is 5.70 Å². The molecule has 2 rings (SSSR count). The van der Waals surface area contributed by atoms with Gasteiger partial charge in [-0.2, -0.15) is 5.26 Å². The van der Waals surface area contributed by atoms with E-state index >= 15 is 0 Å². The maximum Gasteiger partial charge on any atom is 0.338 e. The SMILES string of the molecule is C/C=C(\N=C(C)C(C)(C)N)c1ccc(CC(CNC(=O)NO)NC(=O)c2ccc(OC(C)C)c(C#N)c2)cc1.CC. The average Bonchev–Trinajstić information content (AvgIpc) is 2.95. The van der Waals surface area contributed by atoms with Gasteiger partial charge in [0.1, 0.15) is 11.8 Å². The maximum atomic E-state index is 13.1. The first-order valence-electron chi connectivity index (χ1n) is 13.7. The van der Waals surface area contributed by atoms with Crippen molar-refractivity contribution < 1.29 is 19.5 Å². The number of rotatable bonds is 11. The molecule has 0 saturated heterocycles. The number of amides is 3. The van der Waals surface area contributed by atoms with Gasteiger partial charge in [-0.05, 0) is 77.3 Å². The summed E-state index contributed by atoms with van der Waals surface area (Å²) in [4.78, 5) is 29.3. The number of nitrogens with zero attached hydrogens (tertiary/aromatic N) is 2. The van der Waals surface area contributed by atoms with Gasteiger partial charge >= 0.3 is 6.03 Å². The molecule has 2 aromatic carbocycles. The van der Waals surface area contributed by atoms with Crippen LogP contribution in [0.3, 0.4) is 0 Å². The van der Waals surface area contributed by atoms with Gasteiger partial charge in [0, 0.05) is 23.4 Å². The van der Waals surface area contributed by atoms with Crippen LogP contribution in [0.5, 0.6) is 5.75 Å². The third kappa shape index (κ3) is 11.4. The lowest BCUT2D eigenvalue weighted by Gasteiger charge is -2.20. The second kappa shape index (κ2) is 16.8. The number of nitriles is 1. The number of ether oxygens (including phenoxy) is 1. The summed E-state index contributed by atoms with van der Waals surface area (Å²) in [6.45, 7) is 15.4. The first kappa shape index (κ1) is 34.8. The van der Waals surface area contributed by atoms with Gasteiger partial charge in [-0.1, -0.05) is 44.2 Å². The normalized spacial score (nSPS) is 12.4. The fourth-order valence-corrected chi connectivity index (χ4v) is 3.53. The molecule has 3 amide bonds. The van der Waals surface area contributed by atoms with Gasteiger partial charge < -0.3 is 21.1 Å². The van der Waals surface area contributed by atoms with Crippen LogP contribution in [0.2, 0.25) is 0 Å². The summed E-state index contributed by atoms with van der Waals surface area (Å²) in [6, 6.07) is 13.1. The number of hydrogen-bond acceptors (Lipinski definition) is 7. The maximum absolute atomic E-state index is 13.1. The number of hydrogen-bond donors (Lipinski definition) is 5. The van der Waals surface area contributed by atoms with E-state index in [0.29, 0.717) is 12.2 Å². The zero-order chi connectivity index (χ0) is 31.2. The lowest BCUT2D eigenvalue weighted by Crippen LogP contribution is -2.47. The molecule has 222 valence electrons. The number of benzene rings is 2. The van der Waals surface area contributed by atoms with Crippen LogP contribution in [0.4, 0.5) is 4.79 Å². The number of allylic oxidation sites excluding steroid dienone is 1. The van der Waals surface area contributed by atoms with E-state index in [4.69, 9.17) is 15.7 Å². The van der Waals surface area contributed by atoms with Crippen LogP contribution in [-0.2, 0) is 6.42 Å². The van der Waals surface area contributed by atoms with Crippen LogP contribution in [0, 0.1) is 11.3 Å². The number of hydroxylamine groups is 1. The van der Waals surface area contributed by atoms with E-state index in [2.05, 4.69) is 21.7 Å². The van der Waals surface area contributed by atoms with Crippen molar-refractivity contribution in [1.82, 2.24) is 16.1 Å². The third-order valence-electron chi connectivity index (χ3n) is 5.90. The molecule has 0 aliphatic heterocycles. The fraction of sp³-hybridized carbons (Fsp3) is 0.419. The van der Waals surface area contributed by atoms with E-state index in [0.717, 1.165) is 22.5 Å². The van der Waals surface area contributed by atoms with Crippen molar-refractivity contribution in [3.63, 3.8) is 0 Å². The van der Waals surface area contributed by atoms with Gasteiger partial charge in [0.15, 0.2) is 0 Å². The Labute approximate surface area is 243 Å². The van der Waals surface area contributed by atoms with Crippen LogP contribution >= 0.6 is 0 Å². The first-order valence-corrected chi connectivity index (χ1v) is 13.7. The minimum absolute atomic E-state index is 0.0503. The lowest BCUT2D eigenvalue weighted by molar-refractivity contribution is 0.0935. The molecule has 2 aromatic rings. The van der Waals surface area contributed by atoms with E-state index in [9.17, 15) is 14.9 Å². The average molecular weight is 565 g/mol. The quantitative estimate of drug-likeness (QED) is 0.147. The molecule has 1 unspecified atom stereocenters. The topological polar surface area (TPSA) is 162 Å². The second-order valence-corrected chi connectivity index (χ2v) is 9.98. The highest BCUT2D eigenvalue weighted by molar-refractivity contribution is 5.95. The smallest absolute Gasteiger partial charge is 0.338 e. The Bertz CT molecular complexity index is 1250. The molecule has 0 bridgehead atoms. The predicted octanol–water partition coefficient (Wildman–Crippen LogP) is 4.96. The molecule has 0 fully saturated rings. The van der Waals surface area contributed by atoms with Crippen molar-refractivity contribution in [2.45, 2.75) is 79.5 Å². The minimum atomic E-state index is -0.791. The number of nitrogens with two attached hydrogens (primary N) is 1. The highest BCUT2D eigenvalue weighted by atomic mass is 16.5.